The van der Waals surface area contributed by atoms with Crippen molar-refractivity contribution in [3.63, 3.8) is 0 Å². The third-order valence-corrected chi connectivity index (χ3v) is 4.17. The molecule has 0 radical (unpaired) electrons. The summed E-state index contributed by atoms with van der Waals surface area (Å²) in [6, 6.07) is 13.7. The monoisotopic (exact) mass is 276 g/mol. The van der Waals surface area contributed by atoms with E-state index in [1.807, 2.05) is 19.1 Å². The first-order valence-corrected chi connectivity index (χ1v) is 7.38. The second-order valence-electron chi connectivity index (χ2n) is 4.32. The molecule has 0 bridgehead atoms. The first kappa shape index (κ1) is 13.6. The molecule has 5 heteroatoms. The molecule has 0 aromatic heterocycles. The van der Waals surface area contributed by atoms with Crippen LogP contribution in [-0.2, 0) is 16.6 Å². The highest BCUT2D eigenvalue weighted by Crippen LogP contribution is 2.17. The first-order chi connectivity index (χ1) is 9.01. The van der Waals surface area contributed by atoms with E-state index >= 15 is 0 Å². The van der Waals surface area contributed by atoms with Crippen molar-refractivity contribution in [3.05, 3.63) is 59.7 Å². The van der Waals surface area contributed by atoms with Crippen LogP contribution in [0.1, 0.15) is 11.1 Å². The van der Waals surface area contributed by atoms with Crippen LogP contribution in [0, 0.1) is 6.92 Å². The summed E-state index contributed by atoms with van der Waals surface area (Å²) in [5.74, 6) is 0. The van der Waals surface area contributed by atoms with Crippen LogP contribution in [0.3, 0.4) is 0 Å². The predicted molar refractivity (Wildman–Crippen MR) is 76.3 cm³/mol. The second-order valence-corrected chi connectivity index (χ2v) is 6.00. The Labute approximate surface area is 113 Å². The average molecular weight is 276 g/mol. The summed E-state index contributed by atoms with van der Waals surface area (Å²) in [4.78, 5) is 0.227. The van der Waals surface area contributed by atoms with E-state index in [9.17, 15) is 8.42 Å². The molecule has 0 amide bonds. The van der Waals surface area contributed by atoms with Gasteiger partial charge in [-0.05, 0) is 36.8 Å². The molecular weight excluding hydrogens is 260 g/mol. The van der Waals surface area contributed by atoms with Crippen LogP contribution >= 0.6 is 0 Å². The van der Waals surface area contributed by atoms with Crippen LogP contribution in [-0.4, -0.2) is 8.42 Å². The minimum absolute atomic E-state index is 0.227. The number of hydrogen-bond donors (Lipinski definition) is 2. The molecule has 0 heterocycles. The minimum Gasteiger partial charge on any atom is -0.326 e. The Morgan fingerprint density at radius 2 is 1.58 bits per heavy atom. The van der Waals surface area contributed by atoms with Gasteiger partial charge in [0, 0.05) is 12.2 Å². The van der Waals surface area contributed by atoms with Crippen LogP contribution in [0.15, 0.2) is 53.4 Å². The molecule has 0 aliphatic rings. The lowest BCUT2D eigenvalue weighted by molar-refractivity contribution is 0.601. The Bertz CT molecular complexity index is 647. The Morgan fingerprint density at radius 3 is 2.11 bits per heavy atom. The van der Waals surface area contributed by atoms with E-state index in [-0.39, 0.29) is 4.90 Å². The van der Waals surface area contributed by atoms with Gasteiger partial charge in [-0.3, -0.25) is 4.72 Å². The van der Waals surface area contributed by atoms with Crippen LogP contribution in [0.2, 0.25) is 0 Å². The predicted octanol–water partition coefficient (Wildman–Crippen LogP) is 2.25. The van der Waals surface area contributed by atoms with Gasteiger partial charge < -0.3 is 5.73 Å². The number of rotatable bonds is 4. The molecule has 0 spiro atoms. The first-order valence-electron chi connectivity index (χ1n) is 5.90. The van der Waals surface area contributed by atoms with Gasteiger partial charge in [-0.1, -0.05) is 29.8 Å². The zero-order valence-electron chi connectivity index (χ0n) is 10.6. The van der Waals surface area contributed by atoms with Crippen molar-refractivity contribution >= 4 is 15.7 Å². The van der Waals surface area contributed by atoms with Gasteiger partial charge in [-0.25, -0.2) is 8.42 Å². The molecular formula is C14H16N2O2S. The van der Waals surface area contributed by atoms with E-state index in [2.05, 4.69) is 4.72 Å². The van der Waals surface area contributed by atoms with Gasteiger partial charge in [0.05, 0.1) is 4.90 Å². The summed E-state index contributed by atoms with van der Waals surface area (Å²) < 4.78 is 26.8. The summed E-state index contributed by atoms with van der Waals surface area (Å²) in [6.07, 6.45) is 0. The van der Waals surface area contributed by atoms with Crippen molar-refractivity contribution in [2.24, 2.45) is 5.73 Å². The van der Waals surface area contributed by atoms with Crippen molar-refractivity contribution in [1.29, 1.82) is 0 Å². The molecule has 0 aliphatic heterocycles. The molecule has 2 aromatic rings. The molecule has 0 atom stereocenters. The fraction of sp³-hybridized carbons (Fsp3) is 0.143. The number of sulfonamides is 1. The molecule has 0 unspecified atom stereocenters. The standard InChI is InChI=1S/C14H16N2O2S/c1-11-2-6-13(7-3-11)16-19(17,18)14-8-4-12(10-15)5-9-14/h2-9,16H,10,15H2,1H3. The van der Waals surface area contributed by atoms with E-state index in [0.29, 0.717) is 12.2 Å². The molecule has 3 N–H and O–H groups in total. The second kappa shape index (κ2) is 5.42. The van der Waals surface area contributed by atoms with Crippen molar-refractivity contribution in [2.75, 3.05) is 4.72 Å². The lowest BCUT2D eigenvalue weighted by Crippen LogP contribution is -2.13. The highest BCUT2D eigenvalue weighted by Gasteiger charge is 2.13. The third-order valence-electron chi connectivity index (χ3n) is 2.77. The fourth-order valence-electron chi connectivity index (χ4n) is 1.64. The lowest BCUT2D eigenvalue weighted by atomic mass is 10.2. The summed E-state index contributed by atoms with van der Waals surface area (Å²) in [5.41, 5.74) is 8.01. The summed E-state index contributed by atoms with van der Waals surface area (Å²) in [5, 5.41) is 0. The van der Waals surface area contributed by atoms with Crippen molar-refractivity contribution in [1.82, 2.24) is 0 Å². The topological polar surface area (TPSA) is 72.2 Å². The van der Waals surface area contributed by atoms with Crippen molar-refractivity contribution in [2.45, 2.75) is 18.4 Å². The highest BCUT2D eigenvalue weighted by molar-refractivity contribution is 7.92. The number of benzene rings is 2. The SMILES string of the molecule is Cc1ccc(NS(=O)(=O)c2ccc(CN)cc2)cc1. The number of hydrogen-bond acceptors (Lipinski definition) is 3. The lowest BCUT2D eigenvalue weighted by Gasteiger charge is -2.08. The third kappa shape index (κ3) is 3.33. The molecule has 0 saturated heterocycles. The van der Waals surface area contributed by atoms with Gasteiger partial charge in [0.25, 0.3) is 10.0 Å². The average Bonchev–Trinajstić information content (AvgIpc) is 2.41. The van der Waals surface area contributed by atoms with Gasteiger partial charge in [0.2, 0.25) is 0 Å². The number of aryl methyl sites for hydroxylation is 1. The molecule has 100 valence electrons. The summed E-state index contributed by atoms with van der Waals surface area (Å²) in [7, 11) is -3.54. The van der Waals surface area contributed by atoms with E-state index in [1.165, 1.54) is 0 Å². The van der Waals surface area contributed by atoms with Crippen molar-refractivity contribution < 1.29 is 8.42 Å². The zero-order chi connectivity index (χ0) is 13.9. The molecule has 2 rings (SSSR count). The maximum absolute atomic E-state index is 12.1. The Balaban J connectivity index is 2.24. The van der Waals surface area contributed by atoms with Gasteiger partial charge in [-0.15, -0.1) is 0 Å². The number of anilines is 1. The molecule has 2 aromatic carbocycles. The van der Waals surface area contributed by atoms with Crippen molar-refractivity contribution in [3.8, 4) is 0 Å². The highest BCUT2D eigenvalue weighted by atomic mass is 32.2. The summed E-state index contributed by atoms with van der Waals surface area (Å²) >= 11 is 0. The fourth-order valence-corrected chi connectivity index (χ4v) is 2.70. The Hall–Kier alpha value is -1.85. The Kier molecular flexibility index (Phi) is 3.87. The largest absolute Gasteiger partial charge is 0.326 e. The molecule has 0 fully saturated rings. The van der Waals surface area contributed by atoms with E-state index < -0.39 is 10.0 Å². The zero-order valence-corrected chi connectivity index (χ0v) is 11.4. The number of nitrogens with one attached hydrogen (secondary N) is 1. The van der Waals surface area contributed by atoms with Gasteiger partial charge in [0.1, 0.15) is 0 Å². The van der Waals surface area contributed by atoms with Crippen LogP contribution < -0.4 is 10.5 Å². The Morgan fingerprint density at radius 1 is 1.00 bits per heavy atom. The smallest absolute Gasteiger partial charge is 0.261 e. The summed E-state index contributed by atoms with van der Waals surface area (Å²) in [6.45, 7) is 2.34. The molecule has 4 nitrogen and oxygen atoms in total. The van der Waals surface area contributed by atoms with Gasteiger partial charge in [0.15, 0.2) is 0 Å². The van der Waals surface area contributed by atoms with E-state index in [4.69, 9.17) is 5.73 Å². The molecule has 0 aliphatic carbocycles. The maximum atomic E-state index is 12.1. The van der Waals surface area contributed by atoms with Gasteiger partial charge in [-0.2, -0.15) is 0 Å². The number of nitrogens with two attached hydrogens (primary N) is 1. The maximum Gasteiger partial charge on any atom is 0.261 e. The van der Waals surface area contributed by atoms with E-state index in [0.717, 1.165) is 11.1 Å². The quantitative estimate of drug-likeness (QED) is 0.899. The van der Waals surface area contributed by atoms with Gasteiger partial charge >= 0.3 is 0 Å². The normalized spacial score (nSPS) is 11.3. The van der Waals surface area contributed by atoms with Crippen LogP contribution in [0.4, 0.5) is 5.69 Å². The minimum atomic E-state index is -3.54. The molecule has 19 heavy (non-hydrogen) atoms. The van der Waals surface area contributed by atoms with E-state index in [1.54, 1.807) is 36.4 Å². The van der Waals surface area contributed by atoms with Crippen LogP contribution in [0.25, 0.3) is 0 Å². The molecule has 0 saturated carbocycles. The van der Waals surface area contributed by atoms with Crippen LogP contribution in [0.5, 0.6) is 0 Å².